The summed E-state index contributed by atoms with van der Waals surface area (Å²) in [7, 11) is 0. The second kappa shape index (κ2) is 6.61. The minimum Gasteiger partial charge on any atom is -0.480 e. The van der Waals surface area contributed by atoms with Crippen molar-refractivity contribution in [2.75, 3.05) is 0 Å². The lowest BCUT2D eigenvalue weighted by Crippen LogP contribution is -2.52. The van der Waals surface area contributed by atoms with Crippen molar-refractivity contribution in [3.05, 3.63) is 29.3 Å². The first kappa shape index (κ1) is 16.3. The van der Waals surface area contributed by atoms with Gasteiger partial charge in [0.2, 0.25) is 0 Å². The highest BCUT2D eigenvalue weighted by molar-refractivity contribution is 6.30. The molecule has 110 valence electrons. The van der Waals surface area contributed by atoms with Crippen LogP contribution in [0, 0.1) is 0 Å². The maximum Gasteiger partial charge on any atom is 0.326 e. The van der Waals surface area contributed by atoms with Gasteiger partial charge in [0.05, 0.1) is 0 Å². The lowest BCUT2D eigenvalue weighted by molar-refractivity contribution is -0.145. The predicted octanol–water partition coefficient (Wildman–Crippen LogP) is 2.48. The molecule has 1 amide bonds. The molecule has 5 nitrogen and oxygen atoms in total. The molecule has 1 atom stereocenters. The van der Waals surface area contributed by atoms with Crippen molar-refractivity contribution < 1.29 is 19.4 Å². The van der Waals surface area contributed by atoms with E-state index < -0.39 is 23.5 Å². The monoisotopic (exact) mass is 299 g/mol. The molecular weight excluding hydrogens is 282 g/mol. The summed E-state index contributed by atoms with van der Waals surface area (Å²) in [6, 6.07) is 5.74. The lowest BCUT2D eigenvalue weighted by Gasteiger charge is -2.27. The van der Waals surface area contributed by atoms with Gasteiger partial charge < -0.3 is 15.2 Å². The number of carboxylic acid groups (broad SMARTS) is 1. The third kappa shape index (κ3) is 4.42. The van der Waals surface area contributed by atoms with E-state index in [0.717, 1.165) is 0 Å². The molecule has 0 aliphatic heterocycles. The topological polar surface area (TPSA) is 75.6 Å². The fourth-order valence-electron chi connectivity index (χ4n) is 1.54. The average Bonchev–Trinajstić information content (AvgIpc) is 2.34. The van der Waals surface area contributed by atoms with Crippen LogP contribution in [0.2, 0.25) is 5.02 Å². The lowest BCUT2D eigenvalue weighted by atomic mass is 10.1. The van der Waals surface area contributed by atoms with E-state index in [0.29, 0.717) is 17.2 Å². The number of hydrogen-bond donors (Lipinski definition) is 2. The first-order valence-electron chi connectivity index (χ1n) is 6.24. The van der Waals surface area contributed by atoms with Crippen molar-refractivity contribution in [1.82, 2.24) is 5.32 Å². The molecule has 1 aromatic carbocycles. The van der Waals surface area contributed by atoms with Crippen molar-refractivity contribution in [3.63, 3.8) is 0 Å². The van der Waals surface area contributed by atoms with Gasteiger partial charge in [-0.2, -0.15) is 0 Å². The Balaban J connectivity index is 2.77. The largest absolute Gasteiger partial charge is 0.480 e. The summed E-state index contributed by atoms with van der Waals surface area (Å²) in [4.78, 5) is 23.0. The summed E-state index contributed by atoms with van der Waals surface area (Å²) in [6.45, 7) is 4.82. The summed E-state index contributed by atoms with van der Waals surface area (Å²) >= 11 is 5.84. The van der Waals surface area contributed by atoms with Crippen LogP contribution in [-0.2, 0) is 9.59 Å². The summed E-state index contributed by atoms with van der Waals surface area (Å²) < 4.78 is 5.58. The number of ether oxygens (including phenoxy) is 1. The standard InChI is InChI=1S/C14H18ClNO4/c1-4-11(12(17)18)16-13(19)14(2,3)20-10-7-5-6-9(15)8-10/h5-8,11H,4H2,1-3H3,(H,16,19)(H,17,18). The van der Waals surface area contributed by atoms with E-state index in [4.69, 9.17) is 21.4 Å². The molecule has 0 heterocycles. The molecule has 1 rings (SSSR count). The van der Waals surface area contributed by atoms with Gasteiger partial charge in [-0.15, -0.1) is 0 Å². The van der Waals surface area contributed by atoms with E-state index in [1.54, 1.807) is 45.0 Å². The van der Waals surface area contributed by atoms with Crippen LogP contribution in [0.1, 0.15) is 27.2 Å². The van der Waals surface area contributed by atoms with Crippen LogP contribution in [0.25, 0.3) is 0 Å². The number of rotatable bonds is 6. The first-order chi connectivity index (χ1) is 9.26. The van der Waals surface area contributed by atoms with E-state index in [-0.39, 0.29) is 0 Å². The summed E-state index contributed by atoms with van der Waals surface area (Å²) in [6.07, 6.45) is 0.300. The van der Waals surface area contributed by atoms with Crippen LogP contribution in [0.3, 0.4) is 0 Å². The normalized spacial score (nSPS) is 12.6. The van der Waals surface area contributed by atoms with Crippen LogP contribution in [0.5, 0.6) is 5.75 Å². The molecule has 0 aliphatic carbocycles. The quantitative estimate of drug-likeness (QED) is 0.846. The minimum absolute atomic E-state index is 0.300. The Morgan fingerprint density at radius 2 is 2.10 bits per heavy atom. The van der Waals surface area contributed by atoms with Gasteiger partial charge in [-0.05, 0) is 38.5 Å². The van der Waals surface area contributed by atoms with Crippen molar-refractivity contribution >= 4 is 23.5 Å². The number of carbonyl (C=O) groups excluding carboxylic acids is 1. The van der Waals surface area contributed by atoms with Crippen molar-refractivity contribution in [2.45, 2.75) is 38.8 Å². The van der Waals surface area contributed by atoms with Gasteiger partial charge in [0.1, 0.15) is 11.8 Å². The molecule has 2 N–H and O–H groups in total. The average molecular weight is 300 g/mol. The molecule has 0 radical (unpaired) electrons. The maximum absolute atomic E-state index is 12.1. The highest BCUT2D eigenvalue weighted by Gasteiger charge is 2.32. The molecule has 20 heavy (non-hydrogen) atoms. The Kier molecular flexibility index (Phi) is 5.39. The van der Waals surface area contributed by atoms with Crippen LogP contribution >= 0.6 is 11.6 Å². The van der Waals surface area contributed by atoms with Gasteiger partial charge in [-0.3, -0.25) is 4.79 Å². The highest BCUT2D eigenvalue weighted by Crippen LogP contribution is 2.22. The molecule has 0 aromatic heterocycles. The number of halogens is 1. The van der Waals surface area contributed by atoms with Gasteiger partial charge >= 0.3 is 5.97 Å². The predicted molar refractivity (Wildman–Crippen MR) is 76.0 cm³/mol. The van der Waals surface area contributed by atoms with Crippen molar-refractivity contribution in [2.24, 2.45) is 0 Å². The van der Waals surface area contributed by atoms with Crippen LogP contribution in [-0.4, -0.2) is 28.6 Å². The second-order valence-electron chi connectivity index (χ2n) is 4.84. The van der Waals surface area contributed by atoms with E-state index >= 15 is 0 Å². The number of benzene rings is 1. The van der Waals surface area contributed by atoms with Crippen molar-refractivity contribution in [1.29, 1.82) is 0 Å². The number of carboxylic acids is 1. The van der Waals surface area contributed by atoms with Gasteiger partial charge in [-0.1, -0.05) is 24.6 Å². The fraction of sp³-hybridized carbons (Fsp3) is 0.429. The summed E-state index contributed by atoms with van der Waals surface area (Å²) in [5.74, 6) is -1.12. The summed E-state index contributed by atoms with van der Waals surface area (Å²) in [5, 5.41) is 11.9. The molecule has 0 saturated heterocycles. The highest BCUT2D eigenvalue weighted by atomic mass is 35.5. The van der Waals surface area contributed by atoms with E-state index in [1.807, 2.05) is 0 Å². The second-order valence-corrected chi connectivity index (χ2v) is 5.28. The van der Waals surface area contributed by atoms with E-state index in [9.17, 15) is 9.59 Å². The smallest absolute Gasteiger partial charge is 0.326 e. The zero-order valence-electron chi connectivity index (χ0n) is 11.6. The Morgan fingerprint density at radius 1 is 1.45 bits per heavy atom. The third-order valence-corrected chi connectivity index (χ3v) is 2.96. The molecule has 1 unspecified atom stereocenters. The van der Waals surface area contributed by atoms with E-state index in [2.05, 4.69) is 5.32 Å². The molecule has 6 heteroatoms. The van der Waals surface area contributed by atoms with Crippen molar-refractivity contribution in [3.8, 4) is 5.75 Å². The zero-order chi connectivity index (χ0) is 15.3. The molecule has 0 fully saturated rings. The Labute approximate surface area is 122 Å². The first-order valence-corrected chi connectivity index (χ1v) is 6.62. The summed E-state index contributed by atoms with van der Waals surface area (Å²) in [5.41, 5.74) is -1.20. The Bertz CT molecular complexity index is 502. The number of aliphatic carboxylic acids is 1. The molecule has 0 saturated carbocycles. The van der Waals surface area contributed by atoms with Crippen LogP contribution < -0.4 is 10.1 Å². The van der Waals surface area contributed by atoms with Gasteiger partial charge in [0.25, 0.3) is 5.91 Å². The molecule has 1 aromatic rings. The fourth-order valence-corrected chi connectivity index (χ4v) is 1.72. The number of nitrogens with one attached hydrogen (secondary N) is 1. The number of hydrogen-bond acceptors (Lipinski definition) is 3. The number of amides is 1. The zero-order valence-corrected chi connectivity index (χ0v) is 12.4. The molecule has 0 aliphatic rings. The Hall–Kier alpha value is -1.75. The van der Waals surface area contributed by atoms with Crippen LogP contribution in [0.15, 0.2) is 24.3 Å². The maximum atomic E-state index is 12.1. The SMILES string of the molecule is CCC(NC(=O)C(C)(C)Oc1cccc(Cl)c1)C(=O)O. The van der Waals surface area contributed by atoms with E-state index in [1.165, 1.54) is 0 Å². The molecule has 0 bridgehead atoms. The molecule has 0 spiro atoms. The third-order valence-electron chi connectivity index (χ3n) is 2.73. The van der Waals surface area contributed by atoms with Gasteiger partial charge in [0.15, 0.2) is 5.60 Å². The van der Waals surface area contributed by atoms with Crippen LogP contribution in [0.4, 0.5) is 0 Å². The molecular formula is C14H18ClNO4. The van der Waals surface area contributed by atoms with Gasteiger partial charge in [0, 0.05) is 5.02 Å². The Morgan fingerprint density at radius 3 is 2.60 bits per heavy atom. The van der Waals surface area contributed by atoms with Gasteiger partial charge in [-0.25, -0.2) is 4.79 Å². The number of carbonyl (C=O) groups is 2. The minimum atomic E-state index is -1.20.